The standard InChI is InChI=1S/C29H27N3O3/c1-20(30-29(33)23-15-17-24(18-16-23)32(34)35)31-19-7-6-12-27(31)28-25-10-4-2-8-21(25)13-14-22-9-3-5-11-26(22)28/h2-5,8-11,13-18,20H,6-7,12,19H2,1H3,(H,30,33). The molecule has 6 heteroatoms. The number of carbonyl (C=O) groups is 1. The maximum absolute atomic E-state index is 13.0. The SMILES string of the molecule is CC(NC(=O)c1ccc([N+](=O)[O-])cc1)N1CCCCC1=C1c2ccccc2C=Cc2ccccc21. The van der Waals surface area contributed by atoms with Crippen LogP contribution in [0.1, 0.15) is 58.8 Å². The molecule has 0 aromatic heterocycles. The molecule has 3 aromatic carbocycles. The molecule has 1 aliphatic heterocycles. The number of nitro groups is 1. The summed E-state index contributed by atoms with van der Waals surface area (Å²) in [6.45, 7) is 2.85. The third-order valence-electron chi connectivity index (χ3n) is 6.75. The average molecular weight is 466 g/mol. The second-order valence-corrected chi connectivity index (χ2v) is 8.93. The largest absolute Gasteiger partial charge is 0.354 e. The topological polar surface area (TPSA) is 75.5 Å². The van der Waals surface area contributed by atoms with Crippen LogP contribution in [0.2, 0.25) is 0 Å². The van der Waals surface area contributed by atoms with E-state index in [1.165, 1.54) is 57.8 Å². The molecule has 176 valence electrons. The first kappa shape index (κ1) is 22.6. The van der Waals surface area contributed by atoms with Gasteiger partial charge in [-0.2, -0.15) is 0 Å². The number of benzene rings is 3. The van der Waals surface area contributed by atoms with Gasteiger partial charge in [-0.25, -0.2) is 0 Å². The van der Waals surface area contributed by atoms with E-state index in [2.05, 4.69) is 70.9 Å². The van der Waals surface area contributed by atoms with E-state index in [-0.39, 0.29) is 17.8 Å². The fourth-order valence-electron chi connectivity index (χ4n) is 5.01. The molecule has 1 amide bonds. The third kappa shape index (κ3) is 4.47. The second kappa shape index (κ2) is 9.58. The van der Waals surface area contributed by atoms with Crippen LogP contribution in [0.4, 0.5) is 5.69 Å². The summed E-state index contributed by atoms with van der Waals surface area (Å²) in [5.74, 6) is -0.245. The summed E-state index contributed by atoms with van der Waals surface area (Å²) in [7, 11) is 0. The number of nitrogens with zero attached hydrogens (tertiary/aromatic N) is 2. The monoisotopic (exact) mass is 465 g/mol. The van der Waals surface area contributed by atoms with Gasteiger partial charge in [0, 0.05) is 35.5 Å². The number of allylic oxidation sites excluding steroid dienone is 1. The van der Waals surface area contributed by atoms with Gasteiger partial charge in [-0.1, -0.05) is 60.7 Å². The number of likely N-dealkylation sites (tertiary alicyclic amines) is 1. The first-order valence-corrected chi connectivity index (χ1v) is 11.9. The average Bonchev–Trinajstić information content (AvgIpc) is 3.05. The molecule has 2 aliphatic rings. The highest BCUT2D eigenvalue weighted by molar-refractivity contribution is 5.96. The van der Waals surface area contributed by atoms with Crippen LogP contribution in [0, 0.1) is 10.1 Å². The van der Waals surface area contributed by atoms with E-state index in [0.717, 1.165) is 25.8 Å². The molecule has 0 saturated carbocycles. The lowest BCUT2D eigenvalue weighted by Crippen LogP contribution is -2.47. The maximum atomic E-state index is 13.0. The summed E-state index contributed by atoms with van der Waals surface area (Å²) in [6, 6.07) is 22.6. The molecule has 1 N–H and O–H groups in total. The molecule has 1 aliphatic carbocycles. The second-order valence-electron chi connectivity index (χ2n) is 8.93. The highest BCUT2D eigenvalue weighted by Gasteiger charge is 2.28. The Labute approximate surface area is 204 Å². The zero-order chi connectivity index (χ0) is 24.4. The lowest BCUT2D eigenvalue weighted by molar-refractivity contribution is -0.384. The fourth-order valence-corrected chi connectivity index (χ4v) is 5.01. The molecule has 3 aromatic rings. The zero-order valence-electron chi connectivity index (χ0n) is 19.6. The Morgan fingerprint density at radius 2 is 1.51 bits per heavy atom. The highest BCUT2D eigenvalue weighted by Crippen LogP contribution is 2.39. The quantitative estimate of drug-likeness (QED) is 0.292. The van der Waals surface area contributed by atoms with Crippen LogP contribution in [0.15, 0.2) is 78.5 Å². The maximum Gasteiger partial charge on any atom is 0.269 e. The number of nitro benzene ring substituents is 1. The molecular weight excluding hydrogens is 438 g/mol. The zero-order valence-corrected chi connectivity index (χ0v) is 19.6. The molecule has 1 saturated heterocycles. The fraction of sp³-hybridized carbons (Fsp3) is 0.207. The Hall–Kier alpha value is -4.19. The lowest BCUT2D eigenvalue weighted by Gasteiger charge is -2.39. The van der Waals surface area contributed by atoms with Crippen molar-refractivity contribution in [2.24, 2.45) is 0 Å². The van der Waals surface area contributed by atoms with Crippen molar-refractivity contribution in [1.29, 1.82) is 0 Å². The first-order valence-electron chi connectivity index (χ1n) is 11.9. The molecule has 0 radical (unpaired) electrons. The number of nitrogens with one attached hydrogen (secondary N) is 1. The minimum Gasteiger partial charge on any atom is -0.354 e. The highest BCUT2D eigenvalue weighted by atomic mass is 16.6. The van der Waals surface area contributed by atoms with Crippen molar-refractivity contribution in [2.75, 3.05) is 6.54 Å². The van der Waals surface area contributed by atoms with Crippen molar-refractivity contribution in [3.63, 3.8) is 0 Å². The molecule has 6 nitrogen and oxygen atoms in total. The lowest BCUT2D eigenvalue weighted by atomic mass is 9.88. The molecule has 0 spiro atoms. The Morgan fingerprint density at radius 3 is 2.11 bits per heavy atom. The van der Waals surface area contributed by atoms with Crippen LogP contribution in [-0.4, -0.2) is 28.4 Å². The number of amides is 1. The number of piperidine rings is 1. The minimum absolute atomic E-state index is 0.0306. The van der Waals surface area contributed by atoms with Gasteiger partial charge in [0.15, 0.2) is 0 Å². The summed E-state index contributed by atoms with van der Waals surface area (Å²) in [5.41, 5.74) is 7.58. The van der Waals surface area contributed by atoms with Crippen molar-refractivity contribution >= 4 is 29.3 Å². The number of carbonyl (C=O) groups excluding carboxylic acids is 1. The van der Waals surface area contributed by atoms with Gasteiger partial charge in [0.2, 0.25) is 0 Å². The van der Waals surface area contributed by atoms with Crippen LogP contribution in [0.3, 0.4) is 0 Å². The summed E-state index contributed by atoms with van der Waals surface area (Å²) in [4.78, 5) is 25.8. The minimum atomic E-state index is -0.465. The molecule has 35 heavy (non-hydrogen) atoms. The van der Waals surface area contributed by atoms with Crippen LogP contribution in [0.5, 0.6) is 0 Å². The van der Waals surface area contributed by atoms with Crippen molar-refractivity contribution in [3.05, 3.63) is 116 Å². The number of hydrogen-bond donors (Lipinski definition) is 1. The Bertz CT molecular complexity index is 1290. The summed E-state index contributed by atoms with van der Waals surface area (Å²) in [5, 5.41) is 14.1. The van der Waals surface area contributed by atoms with Crippen molar-refractivity contribution in [3.8, 4) is 0 Å². The number of non-ortho nitro benzene ring substituents is 1. The first-order chi connectivity index (χ1) is 17.0. The molecule has 5 rings (SSSR count). The molecule has 1 fully saturated rings. The summed E-state index contributed by atoms with van der Waals surface area (Å²) < 4.78 is 0. The molecule has 0 bridgehead atoms. The van der Waals surface area contributed by atoms with E-state index < -0.39 is 4.92 Å². The normalized spacial score (nSPS) is 15.6. The molecular formula is C29H27N3O3. The van der Waals surface area contributed by atoms with Crippen LogP contribution in [0.25, 0.3) is 17.7 Å². The van der Waals surface area contributed by atoms with Gasteiger partial charge in [0.05, 0.1) is 11.1 Å². The molecule has 1 unspecified atom stereocenters. The molecule has 1 heterocycles. The van der Waals surface area contributed by atoms with E-state index in [4.69, 9.17) is 0 Å². The number of rotatable bonds is 4. The van der Waals surface area contributed by atoms with Gasteiger partial charge in [-0.3, -0.25) is 14.9 Å². The van der Waals surface area contributed by atoms with E-state index in [1.54, 1.807) is 0 Å². The Kier molecular flexibility index (Phi) is 6.19. The van der Waals surface area contributed by atoms with Gasteiger partial charge in [-0.05, 0) is 60.6 Å². The van der Waals surface area contributed by atoms with Crippen molar-refractivity contribution in [2.45, 2.75) is 32.4 Å². The molecule has 1 atom stereocenters. The van der Waals surface area contributed by atoms with E-state index in [0.29, 0.717) is 5.56 Å². The number of fused-ring (bicyclic) bond motifs is 2. The van der Waals surface area contributed by atoms with Crippen molar-refractivity contribution < 1.29 is 9.72 Å². The van der Waals surface area contributed by atoms with Crippen molar-refractivity contribution in [1.82, 2.24) is 10.2 Å². The van der Waals surface area contributed by atoms with Crippen LogP contribution < -0.4 is 5.32 Å². The van der Waals surface area contributed by atoms with Gasteiger partial charge >= 0.3 is 0 Å². The summed E-state index contributed by atoms with van der Waals surface area (Å²) in [6.07, 6.45) is 7.18. The predicted molar refractivity (Wildman–Crippen MR) is 138 cm³/mol. The summed E-state index contributed by atoms with van der Waals surface area (Å²) >= 11 is 0. The predicted octanol–water partition coefficient (Wildman–Crippen LogP) is 6.10. The van der Waals surface area contributed by atoms with Gasteiger partial charge < -0.3 is 10.2 Å². The third-order valence-corrected chi connectivity index (χ3v) is 6.75. The van der Waals surface area contributed by atoms with Gasteiger partial charge in [0.25, 0.3) is 11.6 Å². The van der Waals surface area contributed by atoms with E-state index in [1.807, 2.05) is 6.92 Å². The van der Waals surface area contributed by atoms with E-state index >= 15 is 0 Å². The van der Waals surface area contributed by atoms with Gasteiger partial charge in [-0.15, -0.1) is 0 Å². The Morgan fingerprint density at radius 1 is 0.914 bits per heavy atom. The van der Waals surface area contributed by atoms with Crippen LogP contribution in [-0.2, 0) is 0 Å². The Balaban J connectivity index is 1.52. The van der Waals surface area contributed by atoms with Gasteiger partial charge in [0.1, 0.15) is 0 Å². The van der Waals surface area contributed by atoms with Crippen LogP contribution >= 0.6 is 0 Å². The van der Waals surface area contributed by atoms with E-state index in [9.17, 15) is 14.9 Å². The smallest absolute Gasteiger partial charge is 0.269 e. The number of hydrogen-bond acceptors (Lipinski definition) is 4.